The molecule has 0 amide bonds. The zero-order chi connectivity index (χ0) is 13.9. The Kier molecular flexibility index (Phi) is 4.30. The zero-order valence-electron chi connectivity index (χ0n) is 12.6. The van der Waals surface area contributed by atoms with Crippen molar-refractivity contribution in [2.45, 2.75) is 70.4 Å². The monoisotopic (exact) mass is 273 g/mol. The third kappa shape index (κ3) is 2.85. The van der Waals surface area contributed by atoms with Gasteiger partial charge in [0.2, 0.25) is 0 Å². The van der Waals surface area contributed by atoms with E-state index in [1.165, 1.54) is 56.1 Å². The number of hydrogen-bond acceptors (Lipinski definition) is 2. The Labute approximate surface area is 122 Å². The number of aryl methyl sites for hydroxylation is 1. The van der Waals surface area contributed by atoms with Gasteiger partial charge in [0.05, 0.1) is 0 Å². The Morgan fingerprint density at radius 2 is 2.00 bits per heavy atom. The largest absolute Gasteiger partial charge is 0.490 e. The summed E-state index contributed by atoms with van der Waals surface area (Å²) < 4.78 is 6.32. The van der Waals surface area contributed by atoms with Crippen LogP contribution in [-0.4, -0.2) is 6.10 Å². The average molecular weight is 273 g/mol. The van der Waals surface area contributed by atoms with Crippen LogP contribution in [0.25, 0.3) is 0 Å². The molecule has 1 aromatic rings. The first-order valence-corrected chi connectivity index (χ1v) is 8.33. The minimum absolute atomic E-state index is 0.204. The number of fused-ring (bicyclic) bond motifs is 1. The lowest BCUT2D eigenvalue weighted by Gasteiger charge is -2.32. The van der Waals surface area contributed by atoms with Crippen LogP contribution in [0.3, 0.4) is 0 Å². The summed E-state index contributed by atoms with van der Waals surface area (Å²) in [5, 5.41) is 0. The minimum Gasteiger partial charge on any atom is -0.490 e. The number of benzene rings is 1. The van der Waals surface area contributed by atoms with Gasteiger partial charge in [-0.1, -0.05) is 19.4 Å². The summed E-state index contributed by atoms with van der Waals surface area (Å²) in [6.45, 7) is 2.29. The molecule has 1 saturated carbocycles. The van der Waals surface area contributed by atoms with E-state index in [-0.39, 0.29) is 6.04 Å². The second kappa shape index (κ2) is 6.17. The summed E-state index contributed by atoms with van der Waals surface area (Å²) >= 11 is 0. The van der Waals surface area contributed by atoms with Crippen molar-refractivity contribution in [1.29, 1.82) is 0 Å². The highest BCUT2D eigenvalue weighted by atomic mass is 16.5. The van der Waals surface area contributed by atoms with Gasteiger partial charge in [0.15, 0.2) is 0 Å². The van der Waals surface area contributed by atoms with E-state index in [4.69, 9.17) is 10.5 Å². The molecule has 0 aliphatic heterocycles. The fourth-order valence-electron chi connectivity index (χ4n) is 3.86. The molecule has 0 bridgehead atoms. The SMILES string of the molecule is CCC1CCCCC1Oc1ccc2c(c1)[C@@H](N)CCC2. The first-order valence-electron chi connectivity index (χ1n) is 8.33. The Bertz CT molecular complexity index is 457. The van der Waals surface area contributed by atoms with E-state index in [0.717, 1.165) is 18.1 Å². The molecule has 2 aliphatic rings. The Morgan fingerprint density at radius 3 is 2.85 bits per heavy atom. The molecule has 0 aromatic heterocycles. The second-order valence-electron chi connectivity index (χ2n) is 6.47. The lowest BCUT2D eigenvalue weighted by molar-refractivity contribution is 0.0902. The first kappa shape index (κ1) is 13.9. The molecule has 1 aromatic carbocycles. The maximum absolute atomic E-state index is 6.32. The summed E-state index contributed by atoms with van der Waals surface area (Å²) in [6.07, 6.45) is 10.4. The van der Waals surface area contributed by atoms with Crippen molar-refractivity contribution >= 4 is 0 Å². The normalized spacial score (nSPS) is 29.8. The van der Waals surface area contributed by atoms with Crippen molar-refractivity contribution in [1.82, 2.24) is 0 Å². The van der Waals surface area contributed by atoms with E-state index in [9.17, 15) is 0 Å². The minimum atomic E-state index is 0.204. The molecular weight excluding hydrogens is 246 g/mol. The standard InChI is InChI=1S/C18H27NO/c1-2-13-6-3-4-9-18(13)20-15-11-10-14-7-5-8-17(19)16(14)12-15/h10-13,17-18H,2-9,19H2,1H3/t13?,17-,18?/m0/s1. The van der Waals surface area contributed by atoms with Gasteiger partial charge in [0.1, 0.15) is 11.9 Å². The maximum atomic E-state index is 6.32. The first-order chi connectivity index (χ1) is 9.78. The molecule has 20 heavy (non-hydrogen) atoms. The highest BCUT2D eigenvalue weighted by Gasteiger charge is 2.26. The van der Waals surface area contributed by atoms with Gasteiger partial charge < -0.3 is 10.5 Å². The van der Waals surface area contributed by atoms with E-state index in [1.807, 2.05) is 0 Å². The molecule has 0 saturated heterocycles. The van der Waals surface area contributed by atoms with E-state index in [0.29, 0.717) is 6.10 Å². The summed E-state index contributed by atoms with van der Waals surface area (Å²) in [5.41, 5.74) is 8.99. The van der Waals surface area contributed by atoms with Gasteiger partial charge in [-0.3, -0.25) is 0 Å². The molecular formula is C18H27NO. The molecule has 0 spiro atoms. The molecule has 110 valence electrons. The molecule has 2 N–H and O–H groups in total. The van der Waals surface area contributed by atoms with Gasteiger partial charge in [-0.05, 0) is 74.1 Å². The number of nitrogens with two attached hydrogens (primary N) is 1. The quantitative estimate of drug-likeness (QED) is 0.887. The van der Waals surface area contributed by atoms with Gasteiger partial charge in [-0.2, -0.15) is 0 Å². The Morgan fingerprint density at radius 1 is 1.15 bits per heavy atom. The van der Waals surface area contributed by atoms with E-state index in [2.05, 4.69) is 25.1 Å². The second-order valence-corrected chi connectivity index (χ2v) is 6.47. The molecule has 2 aliphatic carbocycles. The van der Waals surface area contributed by atoms with Gasteiger partial charge in [-0.25, -0.2) is 0 Å². The van der Waals surface area contributed by atoms with Crippen molar-refractivity contribution in [3.05, 3.63) is 29.3 Å². The van der Waals surface area contributed by atoms with Crippen LogP contribution in [0.15, 0.2) is 18.2 Å². The third-order valence-corrected chi connectivity index (χ3v) is 5.13. The average Bonchev–Trinajstić information content (AvgIpc) is 2.49. The summed E-state index contributed by atoms with van der Waals surface area (Å²) in [4.78, 5) is 0. The number of ether oxygens (including phenoxy) is 1. The molecule has 2 unspecified atom stereocenters. The van der Waals surface area contributed by atoms with Crippen LogP contribution >= 0.6 is 0 Å². The van der Waals surface area contributed by atoms with Crippen molar-refractivity contribution in [3.63, 3.8) is 0 Å². The van der Waals surface area contributed by atoms with Crippen LogP contribution < -0.4 is 10.5 Å². The molecule has 3 atom stereocenters. The van der Waals surface area contributed by atoms with Crippen LogP contribution in [0.5, 0.6) is 5.75 Å². The van der Waals surface area contributed by atoms with Crippen LogP contribution in [0.1, 0.15) is 69.0 Å². The van der Waals surface area contributed by atoms with Gasteiger partial charge in [-0.15, -0.1) is 0 Å². The highest BCUT2D eigenvalue weighted by Crippen LogP contribution is 2.34. The van der Waals surface area contributed by atoms with Crippen molar-refractivity contribution < 1.29 is 4.74 Å². The van der Waals surface area contributed by atoms with Crippen LogP contribution in [-0.2, 0) is 6.42 Å². The van der Waals surface area contributed by atoms with Gasteiger partial charge >= 0.3 is 0 Å². The van der Waals surface area contributed by atoms with Gasteiger partial charge in [0, 0.05) is 6.04 Å². The number of rotatable bonds is 3. The summed E-state index contributed by atoms with van der Waals surface area (Å²) in [5.74, 6) is 1.76. The molecule has 2 nitrogen and oxygen atoms in total. The van der Waals surface area contributed by atoms with E-state index in [1.54, 1.807) is 0 Å². The van der Waals surface area contributed by atoms with Gasteiger partial charge in [0.25, 0.3) is 0 Å². The molecule has 0 radical (unpaired) electrons. The Balaban J connectivity index is 1.75. The van der Waals surface area contributed by atoms with E-state index < -0.39 is 0 Å². The molecule has 1 fully saturated rings. The van der Waals surface area contributed by atoms with Crippen LogP contribution in [0.2, 0.25) is 0 Å². The Hall–Kier alpha value is -1.02. The molecule has 3 rings (SSSR count). The summed E-state index contributed by atoms with van der Waals surface area (Å²) in [7, 11) is 0. The maximum Gasteiger partial charge on any atom is 0.120 e. The predicted molar refractivity (Wildman–Crippen MR) is 83.0 cm³/mol. The van der Waals surface area contributed by atoms with Crippen molar-refractivity contribution in [2.24, 2.45) is 11.7 Å². The van der Waals surface area contributed by atoms with Crippen molar-refractivity contribution in [3.8, 4) is 5.75 Å². The molecule has 0 heterocycles. The lowest BCUT2D eigenvalue weighted by Crippen LogP contribution is -2.30. The van der Waals surface area contributed by atoms with Crippen LogP contribution in [0.4, 0.5) is 0 Å². The highest BCUT2D eigenvalue weighted by molar-refractivity contribution is 5.39. The molecule has 2 heteroatoms. The fourth-order valence-corrected chi connectivity index (χ4v) is 3.86. The third-order valence-electron chi connectivity index (χ3n) is 5.13. The zero-order valence-corrected chi connectivity index (χ0v) is 12.6. The van der Waals surface area contributed by atoms with Crippen LogP contribution in [0, 0.1) is 5.92 Å². The van der Waals surface area contributed by atoms with E-state index >= 15 is 0 Å². The smallest absolute Gasteiger partial charge is 0.120 e. The summed E-state index contributed by atoms with van der Waals surface area (Å²) in [6, 6.07) is 6.79. The van der Waals surface area contributed by atoms with Crippen molar-refractivity contribution in [2.75, 3.05) is 0 Å². The lowest BCUT2D eigenvalue weighted by atomic mass is 9.84. The topological polar surface area (TPSA) is 35.2 Å². The predicted octanol–water partition coefficient (Wildman–Crippen LogP) is 4.37. The number of hydrogen-bond donors (Lipinski definition) is 1. The fraction of sp³-hybridized carbons (Fsp3) is 0.667.